The molecule has 0 bridgehead atoms. The zero-order chi connectivity index (χ0) is 19.4. The van der Waals surface area contributed by atoms with E-state index in [2.05, 4.69) is 32.7 Å². The molecule has 1 atom stereocenters. The van der Waals surface area contributed by atoms with Crippen molar-refractivity contribution in [2.24, 2.45) is 5.92 Å². The second-order valence-electron chi connectivity index (χ2n) is 7.77. The first-order valence-electron chi connectivity index (χ1n) is 9.94. The first-order chi connectivity index (χ1) is 13.7. The van der Waals surface area contributed by atoms with Crippen molar-refractivity contribution in [1.29, 1.82) is 0 Å². The van der Waals surface area contributed by atoms with Crippen molar-refractivity contribution in [1.82, 2.24) is 20.5 Å². The lowest BCUT2D eigenvalue weighted by atomic mass is 9.74. The highest BCUT2D eigenvalue weighted by molar-refractivity contribution is 6.07. The second kappa shape index (κ2) is 8.10. The molecule has 4 rings (SSSR count). The maximum absolute atomic E-state index is 12.8. The number of amides is 3. The zero-order valence-corrected chi connectivity index (χ0v) is 15.9. The molecule has 2 aliphatic heterocycles. The molecule has 3 heterocycles. The molecule has 2 fully saturated rings. The van der Waals surface area contributed by atoms with Crippen molar-refractivity contribution in [2.45, 2.75) is 37.8 Å². The predicted molar refractivity (Wildman–Crippen MR) is 106 cm³/mol. The van der Waals surface area contributed by atoms with Crippen molar-refractivity contribution in [2.75, 3.05) is 13.1 Å². The number of piperidine rings is 1. The summed E-state index contributed by atoms with van der Waals surface area (Å²) in [5.41, 5.74) is 1.64. The van der Waals surface area contributed by atoms with Crippen molar-refractivity contribution < 1.29 is 9.59 Å². The minimum absolute atomic E-state index is 0.149. The SMILES string of the molecule is O=C1NC(=O)C(CCc2ccccc2)(C2CCN(Cc3ccncc3)CC2)N1. The molecule has 6 nitrogen and oxygen atoms in total. The van der Waals surface area contributed by atoms with Crippen LogP contribution < -0.4 is 10.6 Å². The summed E-state index contributed by atoms with van der Waals surface area (Å²) >= 11 is 0. The average molecular weight is 378 g/mol. The molecule has 2 N–H and O–H groups in total. The van der Waals surface area contributed by atoms with E-state index in [1.807, 2.05) is 42.7 Å². The van der Waals surface area contributed by atoms with Crippen LogP contribution in [-0.4, -0.2) is 40.5 Å². The number of hydrogen-bond acceptors (Lipinski definition) is 4. The molecule has 3 amide bonds. The fourth-order valence-corrected chi connectivity index (χ4v) is 4.49. The summed E-state index contributed by atoms with van der Waals surface area (Å²) in [6.07, 6.45) is 6.83. The highest BCUT2D eigenvalue weighted by atomic mass is 16.2. The highest BCUT2D eigenvalue weighted by Crippen LogP contribution is 2.35. The van der Waals surface area contributed by atoms with E-state index in [0.717, 1.165) is 38.9 Å². The Morgan fingerprint density at radius 1 is 1.00 bits per heavy atom. The fourth-order valence-electron chi connectivity index (χ4n) is 4.49. The number of benzene rings is 1. The van der Waals surface area contributed by atoms with Crippen LogP contribution >= 0.6 is 0 Å². The van der Waals surface area contributed by atoms with Crippen LogP contribution in [0.3, 0.4) is 0 Å². The monoisotopic (exact) mass is 378 g/mol. The number of rotatable bonds is 6. The van der Waals surface area contributed by atoms with Crippen molar-refractivity contribution in [3.8, 4) is 0 Å². The summed E-state index contributed by atoms with van der Waals surface area (Å²) in [4.78, 5) is 31.2. The van der Waals surface area contributed by atoms with Crippen LogP contribution in [0.2, 0.25) is 0 Å². The molecule has 0 aliphatic carbocycles. The molecule has 0 spiro atoms. The van der Waals surface area contributed by atoms with E-state index in [0.29, 0.717) is 6.42 Å². The van der Waals surface area contributed by atoms with Gasteiger partial charge in [-0.15, -0.1) is 0 Å². The third-order valence-electron chi connectivity index (χ3n) is 6.06. The Labute approximate surface area is 165 Å². The Morgan fingerprint density at radius 3 is 2.36 bits per heavy atom. The summed E-state index contributed by atoms with van der Waals surface area (Å²) in [6, 6.07) is 13.9. The van der Waals surface area contributed by atoms with E-state index in [1.165, 1.54) is 11.1 Å². The third kappa shape index (κ3) is 3.92. The molecule has 1 aromatic heterocycles. The number of urea groups is 1. The molecule has 1 aromatic carbocycles. The number of imide groups is 1. The lowest BCUT2D eigenvalue weighted by Crippen LogP contribution is -2.56. The van der Waals surface area contributed by atoms with Crippen LogP contribution in [-0.2, 0) is 17.8 Å². The van der Waals surface area contributed by atoms with Gasteiger partial charge >= 0.3 is 6.03 Å². The van der Waals surface area contributed by atoms with Crippen molar-refractivity contribution in [3.63, 3.8) is 0 Å². The van der Waals surface area contributed by atoms with Crippen LogP contribution in [0.1, 0.15) is 30.4 Å². The lowest BCUT2D eigenvalue weighted by molar-refractivity contribution is -0.127. The molecular formula is C22H26N4O2. The van der Waals surface area contributed by atoms with E-state index in [-0.39, 0.29) is 17.9 Å². The highest BCUT2D eigenvalue weighted by Gasteiger charge is 2.51. The second-order valence-corrected chi connectivity index (χ2v) is 7.77. The van der Waals surface area contributed by atoms with Gasteiger partial charge in [0.1, 0.15) is 5.54 Å². The topological polar surface area (TPSA) is 74.3 Å². The Hall–Kier alpha value is -2.73. The van der Waals surface area contributed by atoms with Crippen LogP contribution in [0.15, 0.2) is 54.9 Å². The van der Waals surface area contributed by atoms with E-state index in [1.54, 1.807) is 0 Å². The largest absolute Gasteiger partial charge is 0.323 e. The Kier molecular flexibility index (Phi) is 5.39. The van der Waals surface area contributed by atoms with Gasteiger partial charge in [-0.1, -0.05) is 30.3 Å². The van der Waals surface area contributed by atoms with Gasteiger partial charge in [-0.2, -0.15) is 0 Å². The minimum atomic E-state index is -0.796. The lowest BCUT2D eigenvalue weighted by Gasteiger charge is -2.40. The number of carbonyl (C=O) groups excluding carboxylic acids is 2. The molecule has 2 aliphatic rings. The van der Waals surface area contributed by atoms with Gasteiger partial charge in [0.05, 0.1) is 0 Å². The first-order valence-corrected chi connectivity index (χ1v) is 9.94. The van der Waals surface area contributed by atoms with Gasteiger partial charge < -0.3 is 5.32 Å². The zero-order valence-electron chi connectivity index (χ0n) is 15.9. The number of hydrogen-bond donors (Lipinski definition) is 2. The predicted octanol–water partition coefficient (Wildman–Crippen LogP) is 2.50. The maximum atomic E-state index is 12.8. The van der Waals surface area contributed by atoms with Crippen LogP contribution in [0.5, 0.6) is 0 Å². The average Bonchev–Trinajstić information content (AvgIpc) is 3.02. The number of aromatic nitrogens is 1. The van der Waals surface area contributed by atoms with Crippen LogP contribution in [0, 0.1) is 5.92 Å². The van der Waals surface area contributed by atoms with E-state index >= 15 is 0 Å². The van der Waals surface area contributed by atoms with Crippen molar-refractivity contribution in [3.05, 3.63) is 66.0 Å². The van der Waals surface area contributed by atoms with Gasteiger partial charge in [-0.05, 0) is 68.0 Å². The maximum Gasteiger partial charge on any atom is 0.322 e. The van der Waals surface area contributed by atoms with Crippen molar-refractivity contribution >= 4 is 11.9 Å². The third-order valence-corrected chi connectivity index (χ3v) is 6.06. The standard InChI is InChI=1S/C22H26N4O2/c27-20-22(25-21(28)24-20,11-6-17-4-2-1-3-5-17)19-9-14-26(15-10-19)16-18-7-12-23-13-8-18/h1-5,7-8,12-13,19H,6,9-11,14-16H2,(H2,24,25,27,28). The van der Waals surface area contributed by atoms with Gasteiger partial charge in [-0.25, -0.2) is 4.79 Å². The van der Waals surface area contributed by atoms with E-state index in [4.69, 9.17) is 0 Å². The van der Waals surface area contributed by atoms with E-state index < -0.39 is 5.54 Å². The Balaban J connectivity index is 1.43. The Morgan fingerprint density at radius 2 is 1.71 bits per heavy atom. The van der Waals surface area contributed by atoms with Gasteiger partial charge in [0.15, 0.2) is 0 Å². The van der Waals surface area contributed by atoms with Gasteiger partial charge in [0.2, 0.25) is 0 Å². The van der Waals surface area contributed by atoms with Gasteiger partial charge in [-0.3, -0.25) is 20.0 Å². The Bertz CT molecular complexity index is 819. The normalized spacial score (nSPS) is 23.4. The van der Waals surface area contributed by atoms with Gasteiger partial charge in [0.25, 0.3) is 5.91 Å². The number of nitrogens with one attached hydrogen (secondary N) is 2. The van der Waals surface area contributed by atoms with Crippen LogP contribution in [0.4, 0.5) is 4.79 Å². The molecule has 6 heteroatoms. The molecule has 2 aromatic rings. The fraction of sp³-hybridized carbons (Fsp3) is 0.409. The molecule has 1 unspecified atom stereocenters. The smallest absolute Gasteiger partial charge is 0.322 e. The summed E-state index contributed by atoms with van der Waals surface area (Å²) in [5.74, 6) is -0.0163. The summed E-state index contributed by atoms with van der Waals surface area (Å²) in [6.45, 7) is 2.73. The summed E-state index contributed by atoms with van der Waals surface area (Å²) < 4.78 is 0. The number of pyridine rings is 1. The molecule has 0 saturated carbocycles. The summed E-state index contributed by atoms with van der Waals surface area (Å²) in [7, 11) is 0. The summed E-state index contributed by atoms with van der Waals surface area (Å²) in [5, 5.41) is 5.48. The van der Waals surface area contributed by atoms with E-state index in [9.17, 15) is 9.59 Å². The molecule has 146 valence electrons. The van der Waals surface area contributed by atoms with Gasteiger partial charge in [0, 0.05) is 18.9 Å². The number of carbonyl (C=O) groups is 2. The number of likely N-dealkylation sites (tertiary alicyclic amines) is 1. The quantitative estimate of drug-likeness (QED) is 0.758. The molecule has 0 radical (unpaired) electrons. The molecule has 2 saturated heterocycles. The van der Waals surface area contributed by atoms with Crippen LogP contribution in [0.25, 0.3) is 0 Å². The first kappa shape index (κ1) is 18.6. The number of nitrogens with zero attached hydrogens (tertiary/aromatic N) is 2. The minimum Gasteiger partial charge on any atom is -0.323 e. The molecule has 28 heavy (non-hydrogen) atoms. The number of aryl methyl sites for hydroxylation is 1. The molecular weight excluding hydrogens is 352 g/mol.